The Hall–Kier alpha value is -2.29. The summed E-state index contributed by atoms with van der Waals surface area (Å²) >= 11 is 12.2. The van der Waals surface area contributed by atoms with Crippen LogP contribution in [0.15, 0.2) is 42.5 Å². The second kappa shape index (κ2) is 11.7. The molecule has 1 atom stereocenters. The second-order valence-corrected chi connectivity index (χ2v) is 10.6. The predicted molar refractivity (Wildman–Crippen MR) is 133 cm³/mol. The van der Waals surface area contributed by atoms with Crippen molar-refractivity contribution in [3.05, 3.63) is 63.6 Å². The summed E-state index contributed by atoms with van der Waals surface area (Å²) in [5.41, 5.74) is 2.25. The minimum atomic E-state index is -3.66. The Morgan fingerprint density at radius 2 is 1.73 bits per heavy atom. The lowest BCUT2D eigenvalue weighted by Gasteiger charge is -2.29. The first-order valence-electron chi connectivity index (χ1n) is 10.4. The molecule has 2 aromatic carbocycles. The van der Waals surface area contributed by atoms with Crippen molar-refractivity contribution in [1.82, 2.24) is 10.2 Å². The normalized spacial score (nSPS) is 12.2. The van der Waals surface area contributed by atoms with Gasteiger partial charge in [0.05, 0.1) is 17.0 Å². The number of anilines is 1. The molecule has 0 aromatic heterocycles. The average Bonchev–Trinajstić information content (AvgIpc) is 2.76. The molecule has 2 amide bonds. The Balaban J connectivity index is 2.17. The van der Waals surface area contributed by atoms with Crippen LogP contribution >= 0.6 is 23.2 Å². The fraction of sp³-hybridized carbons (Fsp3) is 0.391. The number of amides is 2. The number of rotatable bonds is 10. The molecule has 2 aromatic rings. The van der Waals surface area contributed by atoms with E-state index in [2.05, 4.69) is 5.32 Å². The number of likely N-dealkylation sites (N-methyl/N-ethyl adjacent to an activating group) is 1. The van der Waals surface area contributed by atoms with Gasteiger partial charge in [-0.2, -0.15) is 0 Å². The monoisotopic (exact) mass is 513 g/mol. The summed E-state index contributed by atoms with van der Waals surface area (Å²) in [5, 5.41) is 3.17. The van der Waals surface area contributed by atoms with Crippen LogP contribution in [0, 0.1) is 6.92 Å². The van der Waals surface area contributed by atoms with Crippen molar-refractivity contribution in [1.29, 1.82) is 0 Å². The first-order chi connectivity index (χ1) is 15.4. The van der Waals surface area contributed by atoms with Crippen molar-refractivity contribution >= 4 is 50.7 Å². The number of nitrogens with one attached hydrogen (secondary N) is 1. The highest BCUT2D eigenvalue weighted by Gasteiger charge is 2.26. The van der Waals surface area contributed by atoms with Crippen LogP contribution in [0.3, 0.4) is 0 Å². The van der Waals surface area contributed by atoms with E-state index < -0.39 is 16.1 Å². The SMILES string of the molecule is CNC(=O)[C@@H](C)N(Cc1ccc(C)cc1)C(=O)CCCN(c1cc(Cl)ccc1Cl)S(C)(=O)=O. The topological polar surface area (TPSA) is 86.8 Å². The van der Waals surface area contributed by atoms with Crippen LogP contribution in [0.2, 0.25) is 10.0 Å². The number of carbonyl (C=O) groups excluding carboxylic acids is 2. The standard InChI is InChI=1S/C23H29Cl2N3O4S/c1-16-7-9-18(10-8-16)15-27(17(2)23(30)26-3)22(29)6-5-13-28(33(4,31)32)21-14-19(24)11-12-20(21)25/h7-12,14,17H,5-6,13,15H2,1-4H3,(H,26,30)/t17-/m1/s1. The lowest BCUT2D eigenvalue weighted by Crippen LogP contribution is -2.46. The van der Waals surface area contributed by atoms with Gasteiger partial charge in [0.1, 0.15) is 6.04 Å². The van der Waals surface area contributed by atoms with Crippen LogP contribution in [0.5, 0.6) is 0 Å². The molecule has 0 aliphatic carbocycles. The lowest BCUT2D eigenvalue weighted by atomic mass is 10.1. The van der Waals surface area contributed by atoms with Crippen LogP contribution in [-0.4, -0.2) is 51.0 Å². The third-order valence-corrected chi connectivity index (χ3v) is 6.95. The van der Waals surface area contributed by atoms with Gasteiger partial charge in [0.25, 0.3) is 0 Å². The highest BCUT2D eigenvalue weighted by Crippen LogP contribution is 2.31. The Bertz CT molecular complexity index is 1090. The van der Waals surface area contributed by atoms with E-state index in [1.54, 1.807) is 13.0 Å². The van der Waals surface area contributed by atoms with Gasteiger partial charge in [-0.3, -0.25) is 13.9 Å². The van der Waals surface area contributed by atoms with Gasteiger partial charge in [0.2, 0.25) is 21.8 Å². The molecule has 0 saturated carbocycles. The molecule has 0 aliphatic heterocycles. The zero-order valence-electron chi connectivity index (χ0n) is 19.1. The van der Waals surface area contributed by atoms with Crippen LogP contribution in [-0.2, 0) is 26.2 Å². The van der Waals surface area contributed by atoms with Crippen molar-refractivity contribution in [2.75, 3.05) is 24.2 Å². The molecule has 2 rings (SSSR count). The van der Waals surface area contributed by atoms with Crippen molar-refractivity contribution in [2.45, 2.75) is 39.3 Å². The minimum absolute atomic E-state index is 0.0391. The molecule has 0 bridgehead atoms. The summed E-state index contributed by atoms with van der Waals surface area (Å²) < 4.78 is 25.9. The molecule has 10 heteroatoms. The van der Waals surface area contributed by atoms with Gasteiger partial charge in [-0.15, -0.1) is 0 Å². The van der Waals surface area contributed by atoms with E-state index in [0.29, 0.717) is 5.02 Å². The van der Waals surface area contributed by atoms with E-state index >= 15 is 0 Å². The summed E-state index contributed by atoms with van der Waals surface area (Å²) in [6.07, 6.45) is 1.36. The maximum Gasteiger partial charge on any atom is 0.242 e. The molecule has 1 N–H and O–H groups in total. The van der Waals surface area contributed by atoms with Gasteiger partial charge in [0, 0.05) is 31.6 Å². The number of sulfonamides is 1. The highest BCUT2D eigenvalue weighted by molar-refractivity contribution is 7.92. The van der Waals surface area contributed by atoms with E-state index in [4.69, 9.17) is 23.2 Å². The number of nitrogens with zero attached hydrogens (tertiary/aromatic N) is 2. The quantitative estimate of drug-likeness (QED) is 0.519. The van der Waals surface area contributed by atoms with Gasteiger partial charge in [0.15, 0.2) is 0 Å². The molecule has 0 saturated heterocycles. The lowest BCUT2D eigenvalue weighted by molar-refractivity contribution is -0.140. The summed E-state index contributed by atoms with van der Waals surface area (Å²) in [5.74, 6) is -0.531. The molecule has 33 heavy (non-hydrogen) atoms. The van der Waals surface area contributed by atoms with Gasteiger partial charge in [-0.25, -0.2) is 8.42 Å². The van der Waals surface area contributed by atoms with E-state index in [0.717, 1.165) is 21.7 Å². The van der Waals surface area contributed by atoms with E-state index in [1.165, 1.54) is 24.1 Å². The van der Waals surface area contributed by atoms with Crippen molar-refractivity contribution in [2.24, 2.45) is 0 Å². The molecule has 180 valence electrons. The number of hydrogen-bond acceptors (Lipinski definition) is 4. The number of hydrogen-bond donors (Lipinski definition) is 1. The van der Waals surface area contributed by atoms with Gasteiger partial charge in [-0.05, 0) is 44.0 Å². The van der Waals surface area contributed by atoms with E-state index in [1.807, 2.05) is 31.2 Å². The van der Waals surface area contributed by atoms with Crippen LogP contribution in [0.25, 0.3) is 0 Å². The predicted octanol–water partition coefficient (Wildman–Crippen LogP) is 4.01. The van der Waals surface area contributed by atoms with E-state index in [9.17, 15) is 18.0 Å². The Morgan fingerprint density at radius 3 is 2.30 bits per heavy atom. The first kappa shape index (κ1) is 27.0. The Morgan fingerprint density at radius 1 is 1.09 bits per heavy atom. The smallest absolute Gasteiger partial charge is 0.242 e. The van der Waals surface area contributed by atoms with Crippen LogP contribution in [0.4, 0.5) is 5.69 Å². The third kappa shape index (κ3) is 7.62. The number of carbonyl (C=O) groups is 2. The fourth-order valence-electron chi connectivity index (χ4n) is 3.34. The van der Waals surface area contributed by atoms with Gasteiger partial charge >= 0.3 is 0 Å². The molecule has 0 aliphatic rings. The molecule has 0 spiro atoms. The third-order valence-electron chi connectivity index (χ3n) is 5.22. The number of aryl methyl sites for hydroxylation is 1. The number of halogens is 2. The summed E-state index contributed by atoms with van der Waals surface area (Å²) in [4.78, 5) is 26.8. The van der Waals surface area contributed by atoms with Gasteiger partial charge in [-0.1, -0.05) is 53.0 Å². The Kier molecular flexibility index (Phi) is 9.57. The van der Waals surface area contributed by atoms with E-state index in [-0.39, 0.29) is 48.5 Å². The second-order valence-electron chi connectivity index (χ2n) is 7.83. The van der Waals surface area contributed by atoms with Crippen molar-refractivity contribution in [3.63, 3.8) is 0 Å². The Labute approximate surface area is 205 Å². The van der Waals surface area contributed by atoms with Gasteiger partial charge < -0.3 is 10.2 Å². The molecule has 0 unspecified atom stereocenters. The summed E-state index contributed by atoms with van der Waals surface area (Å²) in [6, 6.07) is 11.6. The average molecular weight is 514 g/mol. The summed E-state index contributed by atoms with van der Waals surface area (Å²) in [7, 11) is -2.14. The zero-order valence-corrected chi connectivity index (χ0v) is 21.5. The van der Waals surface area contributed by atoms with Crippen LogP contribution < -0.4 is 9.62 Å². The van der Waals surface area contributed by atoms with Crippen LogP contribution in [0.1, 0.15) is 30.9 Å². The minimum Gasteiger partial charge on any atom is -0.357 e. The number of benzene rings is 2. The van der Waals surface area contributed by atoms with Crippen molar-refractivity contribution in [3.8, 4) is 0 Å². The maximum absolute atomic E-state index is 13.1. The largest absolute Gasteiger partial charge is 0.357 e. The molecule has 0 heterocycles. The zero-order chi connectivity index (χ0) is 24.8. The molecule has 0 radical (unpaired) electrons. The molecular weight excluding hydrogens is 485 g/mol. The summed E-state index contributed by atoms with van der Waals surface area (Å²) in [6.45, 7) is 3.94. The highest BCUT2D eigenvalue weighted by atomic mass is 35.5. The molecule has 0 fully saturated rings. The fourth-order valence-corrected chi connectivity index (χ4v) is 4.75. The van der Waals surface area contributed by atoms with Crippen molar-refractivity contribution < 1.29 is 18.0 Å². The first-order valence-corrected chi connectivity index (χ1v) is 13.0. The molecule has 7 nitrogen and oxygen atoms in total. The maximum atomic E-state index is 13.1. The molecular formula is C23H29Cl2N3O4S.